The molecule has 4 heteroatoms. The molecule has 1 aromatic carbocycles. The van der Waals surface area contributed by atoms with E-state index in [2.05, 4.69) is 19.9 Å². The van der Waals surface area contributed by atoms with Crippen LogP contribution in [0.4, 0.5) is 0 Å². The number of rotatable bonds is 0. The predicted molar refractivity (Wildman–Crippen MR) is 62.1 cm³/mol. The standard InChI is InChI=1S/C12H10N4/c1-7-5-13-11-9(15-7)3-4-10-12(11)14-6-8(2)16-10/h3-6H,1-2H3. The Hall–Kier alpha value is -2.10. The lowest BCUT2D eigenvalue weighted by Gasteiger charge is -2.02. The zero-order chi connectivity index (χ0) is 11.1. The monoisotopic (exact) mass is 210 g/mol. The lowest BCUT2D eigenvalue weighted by molar-refractivity contribution is 1.16. The van der Waals surface area contributed by atoms with Crippen molar-refractivity contribution in [1.82, 2.24) is 19.9 Å². The third-order valence-corrected chi connectivity index (χ3v) is 2.46. The first-order chi connectivity index (χ1) is 7.74. The smallest absolute Gasteiger partial charge is 0.116 e. The van der Waals surface area contributed by atoms with Crippen molar-refractivity contribution in [2.75, 3.05) is 0 Å². The number of aromatic nitrogens is 4. The van der Waals surface area contributed by atoms with E-state index in [-0.39, 0.29) is 0 Å². The number of benzene rings is 1. The fourth-order valence-corrected chi connectivity index (χ4v) is 1.75. The molecule has 0 N–H and O–H groups in total. The van der Waals surface area contributed by atoms with Gasteiger partial charge >= 0.3 is 0 Å². The predicted octanol–water partition coefficient (Wildman–Crippen LogP) is 2.19. The van der Waals surface area contributed by atoms with Crippen LogP contribution in [-0.2, 0) is 0 Å². The van der Waals surface area contributed by atoms with Gasteiger partial charge in [0.1, 0.15) is 11.0 Å². The maximum atomic E-state index is 4.42. The second-order valence-corrected chi connectivity index (χ2v) is 3.82. The molecule has 2 aromatic heterocycles. The highest BCUT2D eigenvalue weighted by Crippen LogP contribution is 2.19. The Bertz CT molecular complexity index is 630. The molecule has 0 saturated heterocycles. The van der Waals surface area contributed by atoms with Crippen molar-refractivity contribution < 1.29 is 0 Å². The van der Waals surface area contributed by atoms with E-state index in [0.29, 0.717) is 0 Å². The molecule has 78 valence electrons. The van der Waals surface area contributed by atoms with Gasteiger partial charge in [0.15, 0.2) is 0 Å². The summed E-state index contributed by atoms with van der Waals surface area (Å²) in [4.78, 5) is 17.6. The summed E-state index contributed by atoms with van der Waals surface area (Å²) in [6.45, 7) is 3.86. The molecule has 0 spiro atoms. The first-order valence-corrected chi connectivity index (χ1v) is 5.10. The van der Waals surface area contributed by atoms with Gasteiger partial charge < -0.3 is 0 Å². The second kappa shape index (κ2) is 3.20. The summed E-state index contributed by atoms with van der Waals surface area (Å²) in [7, 11) is 0. The molecule has 0 atom stereocenters. The van der Waals surface area contributed by atoms with E-state index < -0.39 is 0 Å². The Kier molecular flexibility index (Phi) is 1.83. The first kappa shape index (κ1) is 9.15. The van der Waals surface area contributed by atoms with Gasteiger partial charge in [-0.25, -0.2) is 9.97 Å². The van der Waals surface area contributed by atoms with Crippen molar-refractivity contribution in [3.8, 4) is 0 Å². The molecule has 0 unspecified atom stereocenters. The topological polar surface area (TPSA) is 51.6 Å². The van der Waals surface area contributed by atoms with Crippen molar-refractivity contribution in [3.05, 3.63) is 35.9 Å². The summed E-state index contributed by atoms with van der Waals surface area (Å²) < 4.78 is 0. The summed E-state index contributed by atoms with van der Waals surface area (Å²) in [5, 5.41) is 0. The number of aryl methyl sites for hydroxylation is 2. The Labute approximate surface area is 92.4 Å². The fraction of sp³-hybridized carbons (Fsp3) is 0.167. The normalized spacial score (nSPS) is 11.1. The molecule has 0 aliphatic rings. The molecule has 4 nitrogen and oxygen atoms in total. The molecule has 0 amide bonds. The van der Waals surface area contributed by atoms with Crippen LogP contribution in [0.15, 0.2) is 24.5 Å². The van der Waals surface area contributed by atoms with E-state index in [9.17, 15) is 0 Å². The quantitative estimate of drug-likeness (QED) is 0.534. The van der Waals surface area contributed by atoms with Gasteiger partial charge in [-0.3, -0.25) is 9.97 Å². The lowest BCUT2D eigenvalue weighted by Crippen LogP contribution is -1.92. The van der Waals surface area contributed by atoms with Crippen LogP contribution in [0.2, 0.25) is 0 Å². The van der Waals surface area contributed by atoms with Crippen LogP contribution in [0.3, 0.4) is 0 Å². The Morgan fingerprint density at radius 2 is 1.19 bits per heavy atom. The average Bonchev–Trinajstić information content (AvgIpc) is 2.28. The van der Waals surface area contributed by atoms with Crippen molar-refractivity contribution >= 4 is 22.1 Å². The van der Waals surface area contributed by atoms with Gasteiger partial charge in [-0.1, -0.05) is 0 Å². The molecular formula is C12H10N4. The minimum Gasteiger partial charge on any atom is -0.250 e. The van der Waals surface area contributed by atoms with Crippen LogP contribution >= 0.6 is 0 Å². The highest BCUT2D eigenvalue weighted by molar-refractivity contribution is 5.99. The summed E-state index contributed by atoms with van der Waals surface area (Å²) in [6, 6.07) is 3.87. The number of hydrogen-bond donors (Lipinski definition) is 0. The van der Waals surface area contributed by atoms with E-state index in [1.807, 2.05) is 26.0 Å². The van der Waals surface area contributed by atoms with Crippen molar-refractivity contribution in [3.63, 3.8) is 0 Å². The van der Waals surface area contributed by atoms with Crippen LogP contribution in [0, 0.1) is 13.8 Å². The molecule has 3 aromatic rings. The fourth-order valence-electron chi connectivity index (χ4n) is 1.75. The maximum absolute atomic E-state index is 4.42. The maximum Gasteiger partial charge on any atom is 0.116 e. The first-order valence-electron chi connectivity index (χ1n) is 5.10. The molecule has 16 heavy (non-hydrogen) atoms. The number of nitrogens with zero attached hydrogens (tertiary/aromatic N) is 4. The molecule has 0 aliphatic heterocycles. The average molecular weight is 210 g/mol. The summed E-state index contributed by atoms with van der Waals surface area (Å²) in [5.74, 6) is 0. The van der Waals surface area contributed by atoms with Gasteiger partial charge in [-0.2, -0.15) is 0 Å². The Balaban J connectivity index is 2.50. The third kappa shape index (κ3) is 1.31. The van der Waals surface area contributed by atoms with Crippen LogP contribution in [0.25, 0.3) is 22.1 Å². The van der Waals surface area contributed by atoms with E-state index in [0.717, 1.165) is 33.5 Å². The van der Waals surface area contributed by atoms with Gasteiger partial charge in [0, 0.05) is 12.4 Å². The van der Waals surface area contributed by atoms with Gasteiger partial charge in [0.05, 0.1) is 22.4 Å². The molecule has 0 bridgehead atoms. The Morgan fingerprint density at radius 1 is 0.750 bits per heavy atom. The molecule has 0 aliphatic carbocycles. The SMILES string of the molecule is Cc1cnc2c(ccc3nc(C)cnc32)n1. The molecule has 2 heterocycles. The summed E-state index contributed by atoms with van der Waals surface area (Å²) in [6.07, 6.45) is 3.51. The van der Waals surface area contributed by atoms with Crippen molar-refractivity contribution in [2.45, 2.75) is 13.8 Å². The zero-order valence-corrected chi connectivity index (χ0v) is 9.10. The molecule has 0 fully saturated rings. The highest BCUT2D eigenvalue weighted by atomic mass is 14.9. The van der Waals surface area contributed by atoms with Crippen LogP contribution in [-0.4, -0.2) is 19.9 Å². The van der Waals surface area contributed by atoms with Crippen LogP contribution in [0.1, 0.15) is 11.4 Å². The Morgan fingerprint density at radius 3 is 1.62 bits per heavy atom. The zero-order valence-electron chi connectivity index (χ0n) is 9.10. The van der Waals surface area contributed by atoms with Crippen LogP contribution < -0.4 is 0 Å². The molecule has 0 radical (unpaired) electrons. The summed E-state index contributed by atoms with van der Waals surface area (Å²) in [5.41, 5.74) is 5.18. The third-order valence-electron chi connectivity index (χ3n) is 2.46. The van der Waals surface area contributed by atoms with E-state index in [4.69, 9.17) is 0 Å². The van der Waals surface area contributed by atoms with Gasteiger partial charge in [-0.15, -0.1) is 0 Å². The molecular weight excluding hydrogens is 200 g/mol. The summed E-state index contributed by atoms with van der Waals surface area (Å²) >= 11 is 0. The van der Waals surface area contributed by atoms with Gasteiger partial charge in [-0.05, 0) is 26.0 Å². The van der Waals surface area contributed by atoms with Crippen molar-refractivity contribution in [2.24, 2.45) is 0 Å². The van der Waals surface area contributed by atoms with E-state index in [1.54, 1.807) is 12.4 Å². The van der Waals surface area contributed by atoms with E-state index in [1.165, 1.54) is 0 Å². The molecule has 0 saturated carbocycles. The highest BCUT2D eigenvalue weighted by Gasteiger charge is 2.05. The van der Waals surface area contributed by atoms with E-state index >= 15 is 0 Å². The van der Waals surface area contributed by atoms with Gasteiger partial charge in [0.2, 0.25) is 0 Å². The largest absolute Gasteiger partial charge is 0.250 e. The lowest BCUT2D eigenvalue weighted by atomic mass is 10.2. The van der Waals surface area contributed by atoms with Crippen LogP contribution in [0.5, 0.6) is 0 Å². The minimum absolute atomic E-state index is 0.815. The van der Waals surface area contributed by atoms with Gasteiger partial charge in [0.25, 0.3) is 0 Å². The molecule has 3 rings (SSSR count). The minimum atomic E-state index is 0.815. The second-order valence-electron chi connectivity index (χ2n) is 3.82. The van der Waals surface area contributed by atoms with Crippen molar-refractivity contribution in [1.29, 1.82) is 0 Å². The number of hydrogen-bond acceptors (Lipinski definition) is 4. The number of fused-ring (bicyclic) bond motifs is 3.